The molecule has 0 atom stereocenters. The minimum Gasteiger partial charge on any atom is -0.376 e. The molecule has 3 N–H and O–H groups in total. The first-order valence-corrected chi connectivity index (χ1v) is 8.49. The van der Waals surface area contributed by atoms with Gasteiger partial charge in [-0.2, -0.15) is 0 Å². The number of carbonyl (C=O) groups excluding carboxylic acids is 2. The highest BCUT2D eigenvalue weighted by atomic mass is 16.2. The van der Waals surface area contributed by atoms with Crippen molar-refractivity contribution < 1.29 is 9.59 Å². The van der Waals surface area contributed by atoms with Crippen LogP contribution in [0, 0.1) is 13.8 Å². The Morgan fingerprint density at radius 1 is 0.920 bits per heavy atom. The van der Waals surface area contributed by atoms with Crippen LogP contribution < -0.4 is 16.0 Å². The van der Waals surface area contributed by atoms with Gasteiger partial charge in [0.05, 0.1) is 6.54 Å². The Labute approximate surface area is 148 Å². The van der Waals surface area contributed by atoms with E-state index in [9.17, 15) is 9.59 Å². The fourth-order valence-corrected chi connectivity index (χ4v) is 2.29. The lowest BCUT2D eigenvalue weighted by atomic mass is 10.1. The molecule has 0 spiro atoms. The summed E-state index contributed by atoms with van der Waals surface area (Å²) >= 11 is 0. The molecule has 0 unspecified atom stereocenters. The Balaban J connectivity index is 1.85. The molecule has 0 aliphatic carbocycles. The summed E-state index contributed by atoms with van der Waals surface area (Å²) in [6, 6.07) is 12.9. The Hall–Kier alpha value is -2.82. The number of amides is 2. The van der Waals surface area contributed by atoms with Crippen molar-refractivity contribution in [3.05, 3.63) is 59.2 Å². The van der Waals surface area contributed by atoms with E-state index in [1.54, 1.807) is 24.3 Å². The van der Waals surface area contributed by atoms with Gasteiger partial charge in [-0.1, -0.05) is 13.0 Å². The van der Waals surface area contributed by atoms with E-state index < -0.39 is 0 Å². The average molecular weight is 339 g/mol. The van der Waals surface area contributed by atoms with E-state index in [2.05, 4.69) is 16.0 Å². The first kappa shape index (κ1) is 18.5. The molecule has 0 saturated carbocycles. The van der Waals surface area contributed by atoms with Gasteiger partial charge in [-0.25, -0.2) is 0 Å². The smallest absolute Gasteiger partial charge is 0.251 e. The first-order valence-electron chi connectivity index (χ1n) is 8.49. The molecule has 0 aliphatic heterocycles. The number of aryl methyl sites for hydroxylation is 2. The summed E-state index contributed by atoms with van der Waals surface area (Å²) in [6.07, 6.45) is 0.904. The first-order chi connectivity index (χ1) is 12.0. The minimum absolute atomic E-state index is 0.0825. The molecule has 132 valence electrons. The van der Waals surface area contributed by atoms with Crippen LogP contribution in [0.1, 0.15) is 34.8 Å². The molecule has 2 amide bonds. The Kier molecular flexibility index (Phi) is 6.57. The second kappa shape index (κ2) is 8.87. The lowest BCUT2D eigenvalue weighted by Crippen LogP contribution is -2.24. The molecular formula is C20H25N3O2. The fourth-order valence-electron chi connectivity index (χ4n) is 2.29. The summed E-state index contributed by atoms with van der Waals surface area (Å²) in [6.45, 7) is 6.89. The molecule has 2 aromatic carbocycles. The van der Waals surface area contributed by atoms with Crippen molar-refractivity contribution >= 4 is 23.2 Å². The molecule has 2 rings (SSSR count). The van der Waals surface area contributed by atoms with E-state index in [-0.39, 0.29) is 18.4 Å². The predicted molar refractivity (Wildman–Crippen MR) is 102 cm³/mol. The zero-order valence-electron chi connectivity index (χ0n) is 15.0. The van der Waals surface area contributed by atoms with Crippen LogP contribution in [0.2, 0.25) is 0 Å². The van der Waals surface area contributed by atoms with Crippen molar-refractivity contribution in [1.29, 1.82) is 0 Å². The van der Waals surface area contributed by atoms with Gasteiger partial charge in [0.2, 0.25) is 5.91 Å². The summed E-state index contributed by atoms with van der Waals surface area (Å²) < 4.78 is 0. The quantitative estimate of drug-likeness (QED) is 0.723. The van der Waals surface area contributed by atoms with Crippen LogP contribution in [-0.4, -0.2) is 24.9 Å². The normalized spacial score (nSPS) is 10.2. The maximum absolute atomic E-state index is 12.0. The third kappa shape index (κ3) is 5.64. The van der Waals surface area contributed by atoms with Gasteiger partial charge in [-0.15, -0.1) is 0 Å². The van der Waals surface area contributed by atoms with E-state index in [1.807, 2.05) is 39.0 Å². The lowest BCUT2D eigenvalue weighted by molar-refractivity contribution is -0.114. The topological polar surface area (TPSA) is 70.2 Å². The molecule has 5 nitrogen and oxygen atoms in total. The summed E-state index contributed by atoms with van der Waals surface area (Å²) in [4.78, 5) is 23.9. The highest BCUT2D eigenvalue weighted by Crippen LogP contribution is 2.14. The molecule has 0 bridgehead atoms. The molecule has 0 radical (unpaired) electrons. The number of hydrogen-bond acceptors (Lipinski definition) is 3. The summed E-state index contributed by atoms with van der Waals surface area (Å²) in [7, 11) is 0. The summed E-state index contributed by atoms with van der Waals surface area (Å²) in [5.74, 6) is -0.200. The van der Waals surface area contributed by atoms with Crippen LogP contribution in [0.3, 0.4) is 0 Å². The van der Waals surface area contributed by atoms with E-state index in [0.717, 1.165) is 23.4 Å². The molecule has 0 aliphatic rings. The lowest BCUT2D eigenvalue weighted by Gasteiger charge is -2.10. The van der Waals surface area contributed by atoms with Crippen LogP contribution >= 0.6 is 0 Å². The average Bonchev–Trinajstić information content (AvgIpc) is 2.61. The van der Waals surface area contributed by atoms with Crippen molar-refractivity contribution in [3.8, 4) is 0 Å². The van der Waals surface area contributed by atoms with Gasteiger partial charge < -0.3 is 16.0 Å². The van der Waals surface area contributed by atoms with Gasteiger partial charge in [0.15, 0.2) is 0 Å². The number of benzene rings is 2. The largest absolute Gasteiger partial charge is 0.376 e. The van der Waals surface area contributed by atoms with Crippen LogP contribution in [0.4, 0.5) is 11.4 Å². The number of anilines is 2. The zero-order valence-corrected chi connectivity index (χ0v) is 15.0. The van der Waals surface area contributed by atoms with Gasteiger partial charge in [-0.3, -0.25) is 9.59 Å². The van der Waals surface area contributed by atoms with Crippen LogP contribution in [0.25, 0.3) is 0 Å². The van der Waals surface area contributed by atoms with Gasteiger partial charge in [0.1, 0.15) is 0 Å². The van der Waals surface area contributed by atoms with Crippen molar-refractivity contribution in [2.45, 2.75) is 27.2 Å². The highest BCUT2D eigenvalue weighted by Gasteiger charge is 2.06. The third-order valence-electron chi connectivity index (χ3n) is 3.93. The summed E-state index contributed by atoms with van der Waals surface area (Å²) in [5.41, 5.74) is 4.53. The molecule has 0 aromatic heterocycles. The second-order valence-corrected chi connectivity index (χ2v) is 6.03. The fraction of sp³-hybridized carbons (Fsp3) is 0.300. The molecular weight excluding hydrogens is 314 g/mol. The van der Waals surface area contributed by atoms with Gasteiger partial charge in [-0.05, 0) is 67.8 Å². The van der Waals surface area contributed by atoms with Crippen LogP contribution in [-0.2, 0) is 4.79 Å². The van der Waals surface area contributed by atoms with Gasteiger partial charge in [0, 0.05) is 23.5 Å². The molecule has 2 aromatic rings. The van der Waals surface area contributed by atoms with E-state index in [0.29, 0.717) is 12.1 Å². The monoisotopic (exact) mass is 339 g/mol. The number of nitrogens with one attached hydrogen (secondary N) is 3. The van der Waals surface area contributed by atoms with E-state index >= 15 is 0 Å². The molecule has 25 heavy (non-hydrogen) atoms. The van der Waals surface area contributed by atoms with Gasteiger partial charge in [0.25, 0.3) is 5.91 Å². The second-order valence-electron chi connectivity index (χ2n) is 6.03. The van der Waals surface area contributed by atoms with E-state index in [4.69, 9.17) is 0 Å². The summed E-state index contributed by atoms with van der Waals surface area (Å²) in [5, 5.41) is 8.75. The molecule has 5 heteroatoms. The number of hydrogen-bond donors (Lipinski definition) is 3. The maximum Gasteiger partial charge on any atom is 0.251 e. The number of carbonyl (C=O) groups is 2. The zero-order chi connectivity index (χ0) is 18.2. The van der Waals surface area contributed by atoms with E-state index in [1.165, 1.54) is 5.56 Å². The maximum atomic E-state index is 12.0. The standard InChI is InChI=1S/C20H25N3O2/c1-4-11-21-20(25)16-6-9-17(10-7-16)22-13-19(24)23-18-8-5-14(2)15(3)12-18/h5-10,12,22H,4,11,13H2,1-3H3,(H,21,25)(H,23,24). The highest BCUT2D eigenvalue weighted by molar-refractivity contribution is 5.95. The van der Waals surface area contributed by atoms with Crippen LogP contribution in [0.5, 0.6) is 0 Å². The number of rotatable bonds is 7. The van der Waals surface area contributed by atoms with Crippen molar-refractivity contribution in [2.75, 3.05) is 23.7 Å². The Morgan fingerprint density at radius 3 is 2.24 bits per heavy atom. The third-order valence-corrected chi connectivity index (χ3v) is 3.93. The van der Waals surface area contributed by atoms with Crippen LogP contribution in [0.15, 0.2) is 42.5 Å². The Morgan fingerprint density at radius 2 is 1.60 bits per heavy atom. The van der Waals surface area contributed by atoms with Crippen molar-refractivity contribution in [2.24, 2.45) is 0 Å². The molecule has 0 heterocycles. The SMILES string of the molecule is CCCNC(=O)c1ccc(NCC(=O)Nc2ccc(C)c(C)c2)cc1. The molecule has 0 fully saturated rings. The minimum atomic E-state index is -0.118. The van der Waals surface area contributed by atoms with Gasteiger partial charge >= 0.3 is 0 Å². The Bertz CT molecular complexity index is 739. The molecule has 0 saturated heterocycles. The predicted octanol–water partition coefficient (Wildman–Crippen LogP) is 3.49. The van der Waals surface area contributed by atoms with Crippen molar-refractivity contribution in [1.82, 2.24) is 5.32 Å². The van der Waals surface area contributed by atoms with Crippen molar-refractivity contribution in [3.63, 3.8) is 0 Å².